The molecule has 0 atom stereocenters. The number of ether oxygens (including phenoxy) is 1. The molecule has 0 saturated carbocycles. The van der Waals surface area contributed by atoms with Gasteiger partial charge in [-0.2, -0.15) is 5.10 Å². The number of H-pyrrole nitrogens is 1. The summed E-state index contributed by atoms with van der Waals surface area (Å²) in [6, 6.07) is 3.95. The minimum Gasteiger partial charge on any atom is -0.484 e. The standard InChI is InChI=1S/C10H9ClFN3OS/c1-15-9(13-14-10(15)17)5-16-8-3-2-6(12)4-7(8)11/h2-4H,5H2,1H3,(H,14,17). The third-order valence-corrected chi connectivity index (χ3v) is 2.88. The van der Waals surface area contributed by atoms with Crippen molar-refractivity contribution >= 4 is 23.8 Å². The Hall–Kier alpha value is -1.40. The zero-order valence-corrected chi connectivity index (χ0v) is 10.5. The van der Waals surface area contributed by atoms with Crippen LogP contribution in [-0.2, 0) is 13.7 Å². The van der Waals surface area contributed by atoms with Crippen LogP contribution in [0.25, 0.3) is 0 Å². The molecule has 0 amide bonds. The SMILES string of the molecule is Cn1c(COc2ccc(F)cc2Cl)n[nH]c1=S. The van der Waals surface area contributed by atoms with Gasteiger partial charge in [-0.3, -0.25) is 5.10 Å². The minimum absolute atomic E-state index is 0.203. The van der Waals surface area contributed by atoms with Gasteiger partial charge < -0.3 is 9.30 Å². The van der Waals surface area contributed by atoms with E-state index in [2.05, 4.69) is 10.2 Å². The van der Waals surface area contributed by atoms with E-state index in [-0.39, 0.29) is 11.6 Å². The number of hydrogen-bond acceptors (Lipinski definition) is 3. The molecule has 1 heterocycles. The average Bonchev–Trinajstić information content (AvgIpc) is 2.59. The summed E-state index contributed by atoms with van der Waals surface area (Å²) < 4.78 is 20.4. The van der Waals surface area contributed by atoms with E-state index in [1.54, 1.807) is 11.6 Å². The first-order chi connectivity index (χ1) is 8.08. The first kappa shape index (κ1) is 12.1. The third-order valence-electron chi connectivity index (χ3n) is 2.22. The number of benzene rings is 1. The van der Waals surface area contributed by atoms with Crippen LogP contribution < -0.4 is 4.74 Å². The molecule has 90 valence electrons. The molecule has 0 saturated heterocycles. The summed E-state index contributed by atoms with van der Waals surface area (Å²) in [4.78, 5) is 0. The van der Waals surface area contributed by atoms with Gasteiger partial charge >= 0.3 is 0 Å². The van der Waals surface area contributed by atoms with Crippen LogP contribution in [-0.4, -0.2) is 14.8 Å². The second-order valence-corrected chi connectivity index (χ2v) is 4.16. The number of rotatable bonds is 3. The van der Waals surface area contributed by atoms with Gasteiger partial charge in [0.1, 0.15) is 18.2 Å². The maximum Gasteiger partial charge on any atom is 0.194 e. The lowest BCUT2D eigenvalue weighted by Crippen LogP contribution is -2.03. The Bertz CT molecular complexity index is 595. The normalized spacial score (nSPS) is 10.5. The number of aromatic nitrogens is 3. The van der Waals surface area contributed by atoms with Crippen molar-refractivity contribution in [2.24, 2.45) is 7.05 Å². The molecule has 1 aromatic heterocycles. The van der Waals surface area contributed by atoms with Gasteiger partial charge in [0, 0.05) is 7.05 Å². The molecule has 0 spiro atoms. The lowest BCUT2D eigenvalue weighted by Gasteiger charge is -2.07. The fraction of sp³-hybridized carbons (Fsp3) is 0.200. The highest BCUT2D eigenvalue weighted by molar-refractivity contribution is 7.71. The third kappa shape index (κ3) is 2.65. The summed E-state index contributed by atoms with van der Waals surface area (Å²) in [5.74, 6) is 0.637. The zero-order chi connectivity index (χ0) is 12.4. The van der Waals surface area contributed by atoms with Crippen molar-refractivity contribution in [1.29, 1.82) is 0 Å². The van der Waals surface area contributed by atoms with Crippen molar-refractivity contribution in [1.82, 2.24) is 14.8 Å². The Morgan fingerprint density at radius 1 is 1.59 bits per heavy atom. The first-order valence-electron chi connectivity index (χ1n) is 4.76. The maximum atomic E-state index is 12.8. The maximum absolute atomic E-state index is 12.8. The van der Waals surface area contributed by atoms with E-state index >= 15 is 0 Å². The van der Waals surface area contributed by atoms with Crippen LogP contribution in [0.4, 0.5) is 4.39 Å². The molecule has 0 aliphatic heterocycles. The molecule has 1 N–H and O–H groups in total. The Labute approximate surface area is 107 Å². The minimum atomic E-state index is -0.402. The van der Waals surface area contributed by atoms with Crippen LogP contribution in [0, 0.1) is 10.6 Å². The van der Waals surface area contributed by atoms with Crippen LogP contribution in [0.15, 0.2) is 18.2 Å². The first-order valence-corrected chi connectivity index (χ1v) is 5.54. The van der Waals surface area contributed by atoms with Crippen LogP contribution in [0.1, 0.15) is 5.82 Å². The van der Waals surface area contributed by atoms with E-state index in [0.29, 0.717) is 16.3 Å². The van der Waals surface area contributed by atoms with Crippen molar-refractivity contribution in [2.45, 2.75) is 6.61 Å². The molecular formula is C10H9ClFN3OS. The quantitative estimate of drug-likeness (QED) is 0.875. The lowest BCUT2D eigenvalue weighted by molar-refractivity contribution is 0.291. The second-order valence-electron chi connectivity index (χ2n) is 3.37. The number of aromatic amines is 1. The molecule has 17 heavy (non-hydrogen) atoms. The van der Waals surface area contributed by atoms with E-state index in [4.69, 9.17) is 28.6 Å². The van der Waals surface area contributed by atoms with Gasteiger partial charge in [0.05, 0.1) is 5.02 Å². The van der Waals surface area contributed by atoms with Gasteiger partial charge in [-0.25, -0.2) is 4.39 Å². The van der Waals surface area contributed by atoms with Gasteiger partial charge in [0.2, 0.25) is 0 Å². The smallest absolute Gasteiger partial charge is 0.194 e. The van der Waals surface area contributed by atoms with E-state index in [1.807, 2.05) is 0 Å². The van der Waals surface area contributed by atoms with Crippen molar-refractivity contribution in [2.75, 3.05) is 0 Å². The van der Waals surface area contributed by atoms with Crippen LogP contribution >= 0.6 is 23.8 Å². The number of nitrogens with one attached hydrogen (secondary N) is 1. The summed E-state index contributed by atoms with van der Waals surface area (Å²) in [7, 11) is 1.77. The summed E-state index contributed by atoms with van der Waals surface area (Å²) in [5, 5.41) is 6.84. The number of halogens is 2. The number of hydrogen-bond donors (Lipinski definition) is 1. The van der Waals surface area contributed by atoms with E-state index < -0.39 is 5.82 Å². The fourth-order valence-corrected chi connectivity index (χ4v) is 1.62. The van der Waals surface area contributed by atoms with Crippen LogP contribution in [0.5, 0.6) is 5.75 Å². The van der Waals surface area contributed by atoms with E-state index in [9.17, 15) is 4.39 Å². The molecule has 0 bridgehead atoms. The monoisotopic (exact) mass is 273 g/mol. The Morgan fingerprint density at radius 3 is 2.94 bits per heavy atom. The topological polar surface area (TPSA) is 42.8 Å². The molecule has 0 aliphatic rings. The largest absolute Gasteiger partial charge is 0.484 e. The fourth-order valence-electron chi connectivity index (χ4n) is 1.24. The van der Waals surface area contributed by atoms with Gasteiger partial charge in [-0.05, 0) is 30.4 Å². The van der Waals surface area contributed by atoms with Crippen LogP contribution in [0.2, 0.25) is 5.02 Å². The number of nitrogens with zero attached hydrogens (tertiary/aromatic N) is 2. The van der Waals surface area contributed by atoms with Crippen molar-refractivity contribution in [3.05, 3.63) is 39.6 Å². The van der Waals surface area contributed by atoms with Crippen molar-refractivity contribution < 1.29 is 9.13 Å². The van der Waals surface area contributed by atoms with E-state index in [0.717, 1.165) is 0 Å². The highest BCUT2D eigenvalue weighted by Crippen LogP contribution is 2.25. The van der Waals surface area contributed by atoms with Gasteiger partial charge in [-0.1, -0.05) is 11.6 Å². The lowest BCUT2D eigenvalue weighted by atomic mass is 10.3. The van der Waals surface area contributed by atoms with Crippen LogP contribution in [0.3, 0.4) is 0 Å². The molecular weight excluding hydrogens is 265 g/mol. The summed E-state index contributed by atoms with van der Waals surface area (Å²) >= 11 is 10.8. The van der Waals surface area contributed by atoms with Gasteiger partial charge in [-0.15, -0.1) is 0 Å². The summed E-state index contributed by atoms with van der Waals surface area (Å²) in [6.07, 6.45) is 0. The molecule has 0 radical (unpaired) electrons. The Kier molecular flexibility index (Phi) is 3.44. The molecule has 0 unspecified atom stereocenters. The molecule has 7 heteroatoms. The zero-order valence-electron chi connectivity index (χ0n) is 8.91. The molecule has 2 aromatic rings. The molecule has 0 aliphatic carbocycles. The Balaban J connectivity index is 2.12. The Morgan fingerprint density at radius 2 is 2.35 bits per heavy atom. The predicted octanol–water partition coefficient (Wildman–Crippen LogP) is 2.85. The van der Waals surface area contributed by atoms with E-state index in [1.165, 1.54) is 18.2 Å². The van der Waals surface area contributed by atoms with Gasteiger partial charge in [0.15, 0.2) is 10.6 Å². The summed E-state index contributed by atoms with van der Waals surface area (Å²) in [6.45, 7) is 0.203. The highest BCUT2D eigenvalue weighted by atomic mass is 35.5. The molecule has 0 fully saturated rings. The molecule has 1 aromatic carbocycles. The predicted molar refractivity (Wildman–Crippen MR) is 64.1 cm³/mol. The van der Waals surface area contributed by atoms with Gasteiger partial charge in [0.25, 0.3) is 0 Å². The van der Waals surface area contributed by atoms with Crippen molar-refractivity contribution in [3.63, 3.8) is 0 Å². The summed E-state index contributed by atoms with van der Waals surface area (Å²) in [5.41, 5.74) is 0. The average molecular weight is 274 g/mol. The van der Waals surface area contributed by atoms with Crippen molar-refractivity contribution in [3.8, 4) is 5.75 Å². The molecule has 4 nitrogen and oxygen atoms in total. The highest BCUT2D eigenvalue weighted by Gasteiger charge is 2.06. The second kappa shape index (κ2) is 4.85. The molecule has 2 rings (SSSR count).